The molecule has 0 aromatic heterocycles. The van der Waals surface area contributed by atoms with Gasteiger partial charge in [0.2, 0.25) is 0 Å². The SMILES string of the molecule is CCC[C@H](NC(=O)Nc1ccccc1OC)c1ccccc1. The second kappa shape index (κ2) is 8.08. The summed E-state index contributed by atoms with van der Waals surface area (Å²) in [6.07, 6.45) is 1.89. The molecule has 0 spiro atoms. The summed E-state index contributed by atoms with van der Waals surface area (Å²) in [6.45, 7) is 2.11. The fourth-order valence-electron chi connectivity index (χ4n) is 2.36. The first-order valence-corrected chi connectivity index (χ1v) is 7.50. The van der Waals surface area contributed by atoms with Gasteiger partial charge in [-0.2, -0.15) is 0 Å². The van der Waals surface area contributed by atoms with Crippen LogP contribution >= 0.6 is 0 Å². The van der Waals surface area contributed by atoms with E-state index in [0.29, 0.717) is 11.4 Å². The van der Waals surface area contributed by atoms with Crippen LogP contribution in [0.1, 0.15) is 31.4 Å². The first-order valence-electron chi connectivity index (χ1n) is 7.50. The number of rotatable bonds is 6. The summed E-state index contributed by atoms with van der Waals surface area (Å²) in [5.74, 6) is 0.643. The van der Waals surface area contributed by atoms with Crippen molar-refractivity contribution >= 4 is 11.7 Å². The highest BCUT2D eigenvalue weighted by Crippen LogP contribution is 2.23. The average molecular weight is 298 g/mol. The molecule has 0 unspecified atom stereocenters. The van der Waals surface area contributed by atoms with E-state index in [0.717, 1.165) is 18.4 Å². The molecular weight excluding hydrogens is 276 g/mol. The Morgan fingerprint density at radius 1 is 1.09 bits per heavy atom. The molecule has 2 rings (SSSR count). The Labute approximate surface area is 131 Å². The lowest BCUT2D eigenvalue weighted by Gasteiger charge is -2.19. The molecule has 0 fully saturated rings. The molecule has 0 bridgehead atoms. The molecule has 4 nitrogen and oxygen atoms in total. The first kappa shape index (κ1) is 15.9. The number of hydrogen-bond donors (Lipinski definition) is 2. The fraction of sp³-hybridized carbons (Fsp3) is 0.278. The number of urea groups is 1. The van der Waals surface area contributed by atoms with E-state index in [9.17, 15) is 4.79 Å². The molecular formula is C18H22N2O2. The maximum atomic E-state index is 12.3. The Morgan fingerprint density at radius 3 is 2.45 bits per heavy atom. The van der Waals surface area contributed by atoms with Gasteiger partial charge in [-0.1, -0.05) is 55.8 Å². The van der Waals surface area contributed by atoms with Crippen LogP contribution in [0.2, 0.25) is 0 Å². The third kappa shape index (κ3) is 4.25. The van der Waals surface area contributed by atoms with Crippen molar-refractivity contribution in [1.82, 2.24) is 5.32 Å². The molecule has 116 valence electrons. The van der Waals surface area contributed by atoms with Crippen LogP contribution in [-0.4, -0.2) is 13.1 Å². The highest BCUT2D eigenvalue weighted by atomic mass is 16.5. The third-order valence-corrected chi connectivity index (χ3v) is 3.44. The Kier molecular flexibility index (Phi) is 5.83. The van der Waals surface area contributed by atoms with Crippen LogP contribution in [0.15, 0.2) is 54.6 Å². The Balaban J connectivity index is 2.05. The molecule has 0 aliphatic carbocycles. The zero-order valence-corrected chi connectivity index (χ0v) is 13.0. The van der Waals surface area contributed by atoms with Gasteiger partial charge in [0.05, 0.1) is 18.8 Å². The largest absolute Gasteiger partial charge is 0.495 e. The van der Waals surface area contributed by atoms with Gasteiger partial charge in [0.1, 0.15) is 5.75 Å². The molecule has 0 saturated carbocycles. The highest BCUT2D eigenvalue weighted by molar-refractivity contribution is 5.91. The number of anilines is 1. The van der Waals surface area contributed by atoms with E-state index in [-0.39, 0.29) is 12.1 Å². The topological polar surface area (TPSA) is 50.4 Å². The Morgan fingerprint density at radius 2 is 1.77 bits per heavy atom. The number of hydrogen-bond acceptors (Lipinski definition) is 2. The van der Waals surface area contributed by atoms with Crippen molar-refractivity contribution < 1.29 is 9.53 Å². The summed E-state index contributed by atoms with van der Waals surface area (Å²) in [5.41, 5.74) is 1.77. The number of carbonyl (C=O) groups excluding carboxylic acids is 1. The van der Waals surface area contributed by atoms with E-state index in [1.165, 1.54) is 0 Å². The van der Waals surface area contributed by atoms with Crippen molar-refractivity contribution in [3.05, 3.63) is 60.2 Å². The number of benzene rings is 2. The second-order valence-electron chi connectivity index (χ2n) is 5.05. The quantitative estimate of drug-likeness (QED) is 0.832. The van der Waals surface area contributed by atoms with Gasteiger partial charge in [-0.05, 0) is 24.1 Å². The molecule has 0 aliphatic heterocycles. The highest BCUT2D eigenvalue weighted by Gasteiger charge is 2.14. The average Bonchev–Trinajstić information content (AvgIpc) is 2.56. The Bertz CT molecular complexity index is 599. The van der Waals surface area contributed by atoms with Gasteiger partial charge in [0.15, 0.2) is 0 Å². The van der Waals surface area contributed by atoms with Crippen LogP contribution in [0.25, 0.3) is 0 Å². The number of para-hydroxylation sites is 2. The number of nitrogens with one attached hydrogen (secondary N) is 2. The maximum absolute atomic E-state index is 12.3. The predicted molar refractivity (Wildman–Crippen MR) is 89.2 cm³/mol. The van der Waals surface area contributed by atoms with Gasteiger partial charge in [0.25, 0.3) is 0 Å². The molecule has 2 aromatic carbocycles. The lowest BCUT2D eigenvalue weighted by molar-refractivity contribution is 0.247. The molecule has 22 heavy (non-hydrogen) atoms. The predicted octanol–water partition coefficient (Wildman–Crippen LogP) is 4.36. The van der Waals surface area contributed by atoms with Gasteiger partial charge in [-0.25, -0.2) is 4.79 Å². The van der Waals surface area contributed by atoms with Crippen LogP contribution in [-0.2, 0) is 0 Å². The third-order valence-electron chi connectivity index (χ3n) is 3.44. The monoisotopic (exact) mass is 298 g/mol. The zero-order chi connectivity index (χ0) is 15.8. The molecule has 2 aromatic rings. The Hall–Kier alpha value is -2.49. The minimum absolute atomic E-state index is 0.000840. The van der Waals surface area contributed by atoms with Gasteiger partial charge in [-0.15, -0.1) is 0 Å². The van der Waals surface area contributed by atoms with E-state index in [1.807, 2.05) is 54.6 Å². The van der Waals surface area contributed by atoms with Gasteiger partial charge >= 0.3 is 6.03 Å². The number of methoxy groups -OCH3 is 1. The number of ether oxygens (including phenoxy) is 1. The first-order chi connectivity index (χ1) is 10.7. The van der Waals surface area contributed by atoms with Crippen LogP contribution in [0, 0.1) is 0 Å². The molecule has 2 N–H and O–H groups in total. The van der Waals surface area contributed by atoms with E-state index in [4.69, 9.17) is 4.74 Å². The van der Waals surface area contributed by atoms with Crippen LogP contribution < -0.4 is 15.4 Å². The normalized spacial score (nSPS) is 11.5. The van der Waals surface area contributed by atoms with Gasteiger partial charge in [-0.3, -0.25) is 0 Å². The van der Waals surface area contributed by atoms with Crippen molar-refractivity contribution in [2.24, 2.45) is 0 Å². The molecule has 4 heteroatoms. The summed E-state index contributed by atoms with van der Waals surface area (Å²) >= 11 is 0. The lowest BCUT2D eigenvalue weighted by atomic mass is 10.0. The van der Waals surface area contributed by atoms with Crippen molar-refractivity contribution in [3.8, 4) is 5.75 Å². The lowest BCUT2D eigenvalue weighted by Crippen LogP contribution is -2.32. The molecule has 0 saturated heterocycles. The minimum atomic E-state index is -0.230. The molecule has 1 atom stereocenters. The summed E-state index contributed by atoms with van der Waals surface area (Å²) in [7, 11) is 1.59. The van der Waals surface area contributed by atoms with Gasteiger partial charge < -0.3 is 15.4 Å². The van der Waals surface area contributed by atoms with E-state index < -0.39 is 0 Å². The van der Waals surface area contributed by atoms with Crippen LogP contribution in [0.4, 0.5) is 10.5 Å². The smallest absolute Gasteiger partial charge is 0.319 e. The van der Waals surface area contributed by atoms with E-state index >= 15 is 0 Å². The standard InChI is InChI=1S/C18H22N2O2/c1-3-9-15(14-10-5-4-6-11-14)19-18(21)20-16-12-7-8-13-17(16)22-2/h4-8,10-13,15H,3,9H2,1-2H3,(H2,19,20,21)/t15-/m0/s1. The van der Waals surface area contributed by atoms with Crippen LogP contribution in [0.5, 0.6) is 5.75 Å². The summed E-state index contributed by atoms with van der Waals surface area (Å²) in [4.78, 5) is 12.3. The molecule has 0 heterocycles. The molecule has 2 amide bonds. The zero-order valence-electron chi connectivity index (χ0n) is 13.0. The molecule has 0 radical (unpaired) electrons. The van der Waals surface area contributed by atoms with E-state index in [2.05, 4.69) is 17.6 Å². The molecule has 0 aliphatic rings. The van der Waals surface area contributed by atoms with Gasteiger partial charge in [0, 0.05) is 0 Å². The number of amides is 2. The number of carbonyl (C=O) groups is 1. The summed E-state index contributed by atoms with van der Waals surface area (Å²) in [5, 5.41) is 5.87. The summed E-state index contributed by atoms with van der Waals surface area (Å²) in [6, 6.07) is 17.1. The van der Waals surface area contributed by atoms with Crippen molar-refractivity contribution in [2.45, 2.75) is 25.8 Å². The van der Waals surface area contributed by atoms with Crippen molar-refractivity contribution in [2.75, 3.05) is 12.4 Å². The maximum Gasteiger partial charge on any atom is 0.319 e. The van der Waals surface area contributed by atoms with Crippen molar-refractivity contribution in [1.29, 1.82) is 0 Å². The minimum Gasteiger partial charge on any atom is -0.495 e. The summed E-state index contributed by atoms with van der Waals surface area (Å²) < 4.78 is 5.24. The van der Waals surface area contributed by atoms with Crippen molar-refractivity contribution in [3.63, 3.8) is 0 Å². The van der Waals surface area contributed by atoms with Crippen LogP contribution in [0.3, 0.4) is 0 Å². The second-order valence-corrected chi connectivity index (χ2v) is 5.05. The fourth-order valence-corrected chi connectivity index (χ4v) is 2.36. The van der Waals surface area contributed by atoms with E-state index in [1.54, 1.807) is 7.11 Å².